The molecule has 2 unspecified atom stereocenters. The zero-order valence-corrected chi connectivity index (χ0v) is 26.0. The molecular weight excluding hydrogens is 619 g/mol. The summed E-state index contributed by atoms with van der Waals surface area (Å²) in [7, 11) is 0. The van der Waals surface area contributed by atoms with Gasteiger partial charge in [0.05, 0.1) is 11.5 Å². The summed E-state index contributed by atoms with van der Waals surface area (Å²) >= 11 is 0. The summed E-state index contributed by atoms with van der Waals surface area (Å²) in [5.41, 5.74) is 1.87. The summed E-state index contributed by atoms with van der Waals surface area (Å²) < 4.78 is 19.3. The fourth-order valence-electron chi connectivity index (χ4n) is 6.99. The van der Waals surface area contributed by atoms with E-state index in [4.69, 9.17) is 5.41 Å². The number of nitro benzene ring substituents is 1. The normalized spacial score (nSPS) is 15.8. The van der Waals surface area contributed by atoms with E-state index in [2.05, 4.69) is 11.9 Å². The van der Waals surface area contributed by atoms with Gasteiger partial charge in [0.2, 0.25) is 12.2 Å². The van der Waals surface area contributed by atoms with Gasteiger partial charge in [-0.05, 0) is 65.0 Å². The molecule has 6 aromatic rings. The van der Waals surface area contributed by atoms with Crippen molar-refractivity contribution in [1.82, 2.24) is 4.57 Å². The Bertz CT molecular complexity index is 2330. The lowest BCUT2D eigenvalue weighted by Gasteiger charge is -2.34. The van der Waals surface area contributed by atoms with Crippen molar-refractivity contribution in [3.8, 4) is 6.07 Å². The second-order valence-electron chi connectivity index (χ2n) is 11.8. The number of halogens is 1. The van der Waals surface area contributed by atoms with Crippen LogP contribution in [0.1, 0.15) is 28.3 Å². The van der Waals surface area contributed by atoms with E-state index < -0.39 is 28.1 Å². The van der Waals surface area contributed by atoms with Crippen LogP contribution >= 0.6 is 0 Å². The lowest BCUT2D eigenvalue weighted by molar-refractivity contribution is -0.663. The third kappa shape index (κ3) is 5.15. The van der Waals surface area contributed by atoms with E-state index in [0.29, 0.717) is 23.3 Å². The van der Waals surface area contributed by atoms with Gasteiger partial charge in [-0.3, -0.25) is 20.3 Å². The first kappa shape index (κ1) is 30.9. The number of hydrogen-bond acceptors (Lipinski definition) is 5. The molecule has 0 fully saturated rings. The minimum absolute atomic E-state index is 0.115. The van der Waals surface area contributed by atoms with Crippen molar-refractivity contribution in [2.75, 3.05) is 4.90 Å². The van der Waals surface area contributed by atoms with E-state index in [-0.39, 0.29) is 23.4 Å². The van der Waals surface area contributed by atoms with Gasteiger partial charge in [-0.25, -0.2) is 13.5 Å². The molecule has 0 saturated heterocycles. The maximum Gasteiger partial charge on any atom is 0.269 e. The Labute approximate surface area is 280 Å². The molecule has 1 N–H and O–H groups in total. The highest BCUT2D eigenvalue weighted by molar-refractivity contribution is 6.13. The number of nitro groups is 1. The van der Waals surface area contributed by atoms with E-state index in [1.54, 1.807) is 12.1 Å². The maximum atomic E-state index is 15.4. The Morgan fingerprint density at radius 1 is 0.918 bits per heavy atom. The monoisotopic (exact) mass is 647 g/mol. The number of rotatable bonds is 9. The second-order valence-corrected chi connectivity index (χ2v) is 11.8. The summed E-state index contributed by atoms with van der Waals surface area (Å²) in [6.07, 6.45) is 1.84. The minimum Gasteiger partial charge on any atom is -0.306 e. The fraction of sp³-hybridized carbons (Fsp3) is 0.103. The number of carbonyl (C=O) groups is 1. The SMILES string of the molecule is N#CC(=C=N)C1(C(c2ccc([N+](=O)[O-])cc2)n2c[n+](Cc3ccccc3)c3ccccc32)C(=O)N(Cc2ccccc2)c2ccc(F)cc21. The summed E-state index contributed by atoms with van der Waals surface area (Å²) in [5, 5.41) is 30.8. The summed E-state index contributed by atoms with van der Waals surface area (Å²) in [6, 6.07) is 37.5. The molecule has 1 aliphatic rings. The topological polar surface area (TPSA) is 120 Å². The molecule has 49 heavy (non-hydrogen) atoms. The molecule has 2 atom stereocenters. The van der Waals surface area contributed by atoms with E-state index in [1.165, 1.54) is 35.2 Å². The molecule has 10 heteroatoms. The molecule has 0 aliphatic carbocycles. The molecule has 1 aliphatic heterocycles. The lowest BCUT2D eigenvalue weighted by Crippen LogP contribution is -2.48. The standard InChI is InChI=1S/C39H28FN6O3/c40-31-17-20-34-33(21-31)39(30(22-41)23-42,38(47)44(34)25-28-11-5-2-6-12-28)37(29-15-18-32(19-16-29)46(48)49)45-26-43(24-27-9-3-1-4-10-27)35-13-7-8-14-36(35)45/h1-21,26,37,41H,24-25H2/q+1. The van der Waals surface area contributed by atoms with Crippen molar-refractivity contribution >= 4 is 34.2 Å². The molecule has 1 aromatic heterocycles. The third-order valence-corrected chi connectivity index (χ3v) is 9.11. The fourth-order valence-corrected chi connectivity index (χ4v) is 6.99. The van der Waals surface area contributed by atoms with Crippen LogP contribution < -0.4 is 9.47 Å². The van der Waals surface area contributed by atoms with Gasteiger partial charge in [-0.1, -0.05) is 72.8 Å². The van der Waals surface area contributed by atoms with Crippen LogP contribution in [0, 0.1) is 32.7 Å². The van der Waals surface area contributed by atoms with Crippen molar-refractivity contribution in [2.24, 2.45) is 0 Å². The Kier molecular flexibility index (Phi) is 7.89. The molecule has 0 saturated carbocycles. The van der Waals surface area contributed by atoms with Gasteiger partial charge in [0.1, 0.15) is 24.0 Å². The average Bonchev–Trinajstić information content (AvgIpc) is 3.59. The summed E-state index contributed by atoms with van der Waals surface area (Å²) in [6.45, 7) is 0.587. The Morgan fingerprint density at radius 3 is 2.22 bits per heavy atom. The highest BCUT2D eigenvalue weighted by Gasteiger charge is 2.62. The molecule has 0 radical (unpaired) electrons. The van der Waals surface area contributed by atoms with Crippen molar-refractivity contribution in [2.45, 2.75) is 24.5 Å². The number of benzene rings is 5. The highest BCUT2D eigenvalue weighted by atomic mass is 19.1. The smallest absolute Gasteiger partial charge is 0.269 e. The molecular formula is C39H28FN6O3+. The van der Waals surface area contributed by atoms with Crippen LogP contribution in [0.2, 0.25) is 0 Å². The number of hydrogen-bond donors (Lipinski definition) is 1. The zero-order chi connectivity index (χ0) is 34.1. The van der Waals surface area contributed by atoms with Gasteiger partial charge in [0.25, 0.3) is 5.69 Å². The van der Waals surface area contributed by atoms with Crippen LogP contribution in [0.5, 0.6) is 0 Å². The van der Waals surface area contributed by atoms with Gasteiger partial charge in [-0.15, -0.1) is 0 Å². The largest absolute Gasteiger partial charge is 0.306 e. The van der Waals surface area contributed by atoms with Crippen LogP contribution in [0.15, 0.2) is 139 Å². The molecule has 238 valence electrons. The maximum absolute atomic E-state index is 15.4. The first-order chi connectivity index (χ1) is 23.9. The lowest BCUT2D eigenvalue weighted by atomic mass is 9.67. The number of amides is 1. The molecule has 7 rings (SSSR count). The number of carbonyl (C=O) groups excluding carboxylic acids is 1. The first-order valence-electron chi connectivity index (χ1n) is 15.5. The number of anilines is 1. The molecule has 2 heterocycles. The van der Waals surface area contributed by atoms with Gasteiger partial charge in [0.15, 0.2) is 22.5 Å². The molecule has 0 spiro atoms. The van der Waals surface area contributed by atoms with Gasteiger partial charge in [-0.2, -0.15) is 5.26 Å². The summed E-state index contributed by atoms with van der Waals surface area (Å²) in [5.74, 6) is 1.08. The van der Waals surface area contributed by atoms with Crippen molar-refractivity contribution < 1.29 is 18.7 Å². The number of imidazole rings is 1. The Morgan fingerprint density at radius 2 is 1.57 bits per heavy atom. The quantitative estimate of drug-likeness (QED) is 0.0610. The van der Waals surface area contributed by atoms with Gasteiger partial charge >= 0.3 is 0 Å². The van der Waals surface area contributed by atoms with Crippen molar-refractivity contribution in [1.29, 1.82) is 10.7 Å². The van der Waals surface area contributed by atoms with Crippen LogP contribution in [0.25, 0.3) is 11.0 Å². The zero-order valence-electron chi connectivity index (χ0n) is 26.0. The number of aromatic nitrogens is 2. The first-order valence-corrected chi connectivity index (χ1v) is 15.5. The van der Waals surface area contributed by atoms with Gasteiger partial charge < -0.3 is 4.90 Å². The molecule has 9 nitrogen and oxygen atoms in total. The van der Waals surface area contributed by atoms with E-state index in [9.17, 15) is 15.4 Å². The van der Waals surface area contributed by atoms with Crippen LogP contribution in [-0.2, 0) is 23.3 Å². The molecule has 5 aromatic carbocycles. The van der Waals surface area contributed by atoms with Crippen LogP contribution in [0.3, 0.4) is 0 Å². The summed E-state index contributed by atoms with van der Waals surface area (Å²) in [4.78, 5) is 28.0. The number of para-hydroxylation sites is 2. The van der Waals surface area contributed by atoms with E-state index in [0.717, 1.165) is 16.6 Å². The van der Waals surface area contributed by atoms with Crippen molar-refractivity contribution in [3.63, 3.8) is 0 Å². The van der Waals surface area contributed by atoms with Crippen LogP contribution in [-0.4, -0.2) is 21.3 Å². The Hall–Kier alpha value is -6.69. The van der Waals surface area contributed by atoms with Crippen molar-refractivity contribution in [3.05, 3.63) is 177 Å². The third-order valence-electron chi connectivity index (χ3n) is 9.11. The Balaban J connectivity index is 1.56. The van der Waals surface area contributed by atoms with Gasteiger partial charge in [0, 0.05) is 23.4 Å². The average molecular weight is 648 g/mol. The second kappa shape index (κ2) is 12.5. The molecule has 0 bridgehead atoms. The highest BCUT2D eigenvalue weighted by Crippen LogP contribution is 2.55. The van der Waals surface area contributed by atoms with E-state index >= 15 is 9.18 Å². The molecule has 1 amide bonds. The number of fused-ring (bicyclic) bond motifs is 2. The van der Waals surface area contributed by atoms with Crippen LogP contribution in [0.4, 0.5) is 15.8 Å². The minimum atomic E-state index is -1.99. The number of nitrogens with zero attached hydrogens (tertiary/aromatic N) is 5. The number of nitrogens with one attached hydrogen (secondary N) is 1. The predicted octanol–water partition coefficient (Wildman–Crippen LogP) is 6.80. The predicted molar refractivity (Wildman–Crippen MR) is 181 cm³/mol. The number of nitriles is 1. The number of non-ortho nitro benzene ring substituents is 1. The van der Waals surface area contributed by atoms with E-state index in [1.807, 2.05) is 100 Å².